The molecule has 4 nitrogen and oxygen atoms in total. The second-order valence-corrected chi connectivity index (χ2v) is 4.08. The summed E-state index contributed by atoms with van der Waals surface area (Å²) in [6.07, 6.45) is -0.186. The molecule has 0 bridgehead atoms. The standard InChI is InChI=1S/C12H16N2O2/c1-7-4-5-10-9(6-7)14-12(15)11(13-3)8(2)16-10/h4-6,8,11,13H,1-3H3,(H,14,15). The molecule has 0 aromatic heterocycles. The Morgan fingerprint density at radius 1 is 1.44 bits per heavy atom. The van der Waals surface area contributed by atoms with E-state index >= 15 is 0 Å². The molecule has 1 aliphatic rings. The fraction of sp³-hybridized carbons (Fsp3) is 0.417. The number of fused-ring (bicyclic) bond motifs is 1. The van der Waals surface area contributed by atoms with E-state index in [4.69, 9.17) is 4.74 Å². The maximum atomic E-state index is 11.9. The van der Waals surface area contributed by atoms with Gasteiger partial charge in [-0.15, -0.1) is 0 Å². The first-order valence-corrected chi connectivity index (χ1v) is 5.37. The monoisotopic (exact) mass is 220 g/mol. The van der Waals surface area contributed by atoms with Gasteiger partial charge >= 0.3 is 0 Å². The zero-order chi connectivity index (χ0) is 11.7. The number of carbonyl (C=O) groups is 1. The smallest absolute Gasteiger partial charge is 0.245 e. The summed E-state index contributed by atoms with van der Waals surface area (Å²) in [7, 11) is 1.76. The zero-order valence-corrected chi connectivity index (χ0v) is 9.70. The van der Waals surface area contributed by atoms with E-state index in [9.17, 15) is 4.79 Å². The van der Waals surface area contributed by atoms with E-state index in [0.29, 0.717) is 0 Å². The van der Waals surface area contributed by atoms with Crippen LogP contribution in [0.3, 0.4) is 0 Å². The normalized spacial score (nSPS) is 24.1. The first-order valence-electron chi connectivity index (χ1n) is 5.37. The molecule has 2 N–H and O–H groups in total. The Balaban J connectivity index is 2.38. The summed E-state index contributed by atoms with van der Waals surface area (Å²) >= 11 is 0. The van der Waals surface area contributed by atoms with Crippen LogP contribution in [0.1, 0.15) is 12.5 Å². The molecule has 0 fully saturated rings. The van der Waals surface area contributed by atoms with Gasteiger partial charge in [0, 0.05) is 0 Å². The third kappa shape index (κ3) is 1.88. The molecule has 16 heavy (non-hydrogen) atoms. The van der Waals surface area contributed by atoms with Gasteiger partial charge in [0.05, 0.1) is 5.69 Å². The Bertz CT molecular complexity index is 417. The van der Waals surface area contributed by atoms with Crippen LogP contribution in [-0.2, 0) is 4.79 Å². The topological polar surface area (TPSA) is 50.4 Å². The molecule has 4 heteroatoms. The highest BCUT2D eigenvalue weighted by Gasteiger charge is 2.29. The molecule has 86 valence electrons. The van der Waals surface area contributed by atoms with Crippen LogP contribution in [0.4, 0.5) is 5.69 Å². The number of aryl methyl sites for hydroxylation is 1. The van der Waals surface area contributed by atoms with Crippen molar-refractivity contribution in [2.75, 3.05) is 12.4 Å². The maximum absolute atomic E-state index is 11.9. The predicted molar refractivity (Wildman–Crippen MR) is 62.7 cm³/mol. The highest BCUT2D eigenvalue weighted by Crippen LogP contribution is 2.29. The molecule has 2 rings (SSSR count). The van der Waals surface area contributed by atoms with Crippen LogP contribution < -0.4 is 15.4 Å². The van der Waals surface area contributed by atoms with Gasteiger partial charge in [0.2, 0.25) is 5.91 Å². The van der Waals surface area contributed by atoms with Gasteiger partial charge in [0.15, 0.2) is 0 Å². The van der Waals surface area contributed by atoms with Crippen molar-refractivity contribution in [3.63, 3.8) is 0 Å². The van der Waals surface area contributed by atoms with Gasteiger partial charge in [-0.1, -0.05) is 6.07 Å². The molecule has 1 aliphatic heterocycles. The van der Waals surface area contributed by atoms with Crippen LogP contribution in [0.25, 0.3) is 0 Å². The number of anilines is 1. The molecule has 1 aromatic rings. The van der Waals surface area contributed by atoms with Crippen LogP contribution >= 0.6 is 0 Å². The summed E-state index contributed by atoms with van der Waals surface area (Å²) in [4.78, 5) is 11.9. The van der Waals surface area contributed by atoms with Crippen LogP contribution in [0.2, 0.25) is 0 Å². The molecule has 0 aliphatic carbocycles. The molecular formula is C12H16N2O2. The summed E-state index contributed by atoms with van der Waals surface area (Å²) in [5.41, 5.74) is 1.84. The van der Waals surface area contributed by atoms with E-state index in [1.165, 1.54) is 0 Å². The van der Waals surface area contributed by atoms with Crippen molar-refractivity contribution in [3.05, 3.63) is 23.8 Å². The van der Waals surface area contributed by atoms with Crippen LogP contribution in [0.15, 0.2) is 18.2 Å². The quantitative estimate of drug-likeness (QED) is 0.750. The van der Waals surface area contributed by atoms with E-state index in [2.05, 4.69) is 10.6 Å². The number of rotatable bonds is 1. The second kappa shape index (κ2) is 4.14. The highest BCUT2D eigenvalue weighted by molar-refractivity contribution is 5.97. The summed E-state index contributed by atoms with van der Waals surface area (Å²) in [6.45, 7) is 3.87. The first kappa shape index (κ1) is 11.0. The molecule has 1 aromatic carbocycles. The van der Waals surface area contributed by atoms with Crippen molar-refractivity contribution < 1.29 is 9.53 Å². The Kier molecular flexibility index (Phi) is 2.83. The second-order valence-electron chi connectivity index (χ2n) is 4.08. The van der Waals surface area contributed by atoms with Gasteiger partial charge in [-0.2, -0.15) is 0 Å². The number of hydrogen-bond acceptors (Lipinski definition) is 3. The van der Waals surface area contributed by atoms with E-state index < -0.39 is 0 Å². The molecule has 2 unspecified atom stereocenters. The summed E-state index contributed by atoms with van der Waals surface area (Å²) < 4.78 is 5.74. The van der Waals surface area contributed by atoms with Crippen LogP contribution in [-0.4, -0.2) is 25.1 Å². The summed E-state index contributed by atoms with van der Waals surface area (Å²) in [5.74, 6) is 0.670. The van der Waals surface area contributed by atoms with Crippen molar-refractivity contribution in [2.24, 2.45) is 0 Å². The number of nitrogens with one attached hydrogen (secondary N) is 2. The molecule has 1 heterocycles. The SMILES string of the molecule is CNC1C(=O)Nc2cc(C)ccc2OC1C. The fourth-order valence-corrected chi connectivity index (χ4v) is 1.90. The third-order valence-electron chi connectivity index (χ3n) is 2.77. The minimum atomic E-state index is -0.326. The van der Waals surface area contributed by atoms with Crippen molar-refractivity contribution in [2.45, 2.75) is 26.0 Å². The lowest BCUT2D eigenvalue weighted by Crippen LogP contribution is -2.46. The number of ether oxygens (including phenoxy) is 1. The molecule has 0 spiro atoms. The van der Waals surface area contributed by atoms with Crippen molar-refractivity contribution >= 4 is 11.6 Å². The number of hydrogen-bond donors (Lipinski definition) is 2. The Labute approximate surface area is 95.0 Å². The molecule has 0 saturated carbocycles. The number of carbonyl (C=O) groups excluding carboxylic acids is 1. The summed E-state index contributed by atoms with van der Waals surface area (Å²) in [6, 6.07) is 5.45. The molecule has 1 amide bonds. The van der Waals surface area contributed by atoms with E-state index in [1.807, 2.05) is 32.0 Å². The van der Waals surface area contributed by atoms with Crippen molar-refractivity contribution in [3.8, 4) is 5.75 Å². The average Bonchev–Trinajstić information content (AvgIpc) is 2.33. The highest BCUT2D eigenvalue weighted by atomic mass is 16.5. The van der Waals surface area contributed by atoms with Crippen molar-refractivity contribution in [1.29, 1.82) is 0 Å². The van der Waals surface area contributed by atoms with Crippen LogP contribution in [0, 0.1) is 6.92 Å². The molecule has 0 radical (unpaired) electrons. The Hall–Kier alpha value is -1.55. The Morgan fingerprint density at radius 3 is 2.88 bits per heavy atom. The van der Waals surface area contributed by atoms with Gasteiger partial charge in [0.1, 0.15) is 17.9 Å². The van der Waals surface area contributed by atoms with Gasteiger partial charge in [0.25, 0.3) is 0 Å². The minimum absolute atomic E-state index is 0.0562. The molecular weight excluding hydrogens is 204 g/mol. The maximum Gasteiger partial charge on any atom is 0.245 e. The van der Waals surface area contributed by atoms with E-state index in [0.717, 1.165) is 17.0 Å². The predicted octanol–water partition coefficient (Wildman–Crippen LogP) is 1.30. The first-order chi connectivity index (χ1) is 7.61. The third-order valence-corrected chi connectivity index (χ3v) is 2.77. The average molecular weight is 220 g/mol. The van der Waals surface area contributed by atoms with E-state index in [1.54, 1.807) is 7.05 Å². The summed E-state index contributed by atoms with van der Waals surface area (Å²) in [5, 5.41) is 5.82. The van der Waals surface area contributed by atoms with Gasteiger partial charge < -0.3 is 15.4 Å². The minimum Gasteiger partial charge on any atom is -0.486 e. The fourth-order valence-electron chi connectivity index (χ4n) is 1.90. The van der Waals surface area contributed by atoms with Gasteiger partial charge in [-0.25, -0.2) is 0 Å². The largest absolute Gasteiger partial charge is 0.486 e. The zero-order valence-electron chi connectivity index (χ0n) is 9.70. The number of likely N-dealkylation sites (N-methyl/N-ethyl adjacent to an activating group) is 1. The van der Waals surface area contributed by atoms with E-state index in [-0.39, 0.29) is 18.1 Å². The van der Waals surface area contributed by atoms with Crippen LogP contribution in [0.5, 0.6) is 5.75 Å². The molecule has 2 atom stereocenters. The lowest BCUT2D eigenvalue weighted by Gasteiger charge is -2.19. The lowest BCUT2D eigenvalue weighted by atomic mass is 10.2. The van der Waals surface area contributed by atoms with Gasteiger partial charge in [-0.3, -0.25) is 4.79 Å². The lowest BCUT2D eigenvalue weighted by molar-refractivity contribution is -0.119. The number of amides is 1. The molecule has 0 saturated heterocycles. The van der Waals surface area contributed by atoms with Crippen molar-refractivity contribution in [1.82, 2.24) is 5.32 Å². The Morgan fingerprint density at radius 2 is 2.19 bits per heavy atom. The van der Waals surface area contributed by atoms with Gasteiger partial charge in [-0.05, 0) is 38.6 Å². The number of benzene rings is 1.